The van der Waals surface area contributed by atoms with Crippen molar-refractivity contribution in [2.24, 2.45) is 0 Å². The van der Waals surface area contributed by atoms with E-state index in [-0.39, 0.29) is 5.63 Å². The Morgan fingerprint density at radius 3 is 2.65 bits per heavy atom. The number of aryl methyl sites for hydroxylation is 4. The van der Waals surface area contributed by atoms with E-state index in [1.165, 1.54) is 16.8 Å². The largest absolute Gasteiger partial charge is 0.472 e. The predicted octanol–water partition coefficient (Wildman–Crippen LogP) is 4.64. The molecule has 0 spiro atoms. The molecule has 4 nitrogen and oxygen atoms in total. The van der Waals surface area contributed by atoms with E-state index in [2.05, 4.69) is 49.9 Å². The van der Waals surface area contributed by atoms with Crippen molar-refractivity contribution >= 4 is 16.7 Å². The van der Waals surface area contributed by atoms with Crippen LogP contribution in [0, 0.1) is 20.8 Å². The molecule has 0 fully saturated rings. The monoisotopic (exact) mass is 349 g/mol. The average Bonchev–Trinajstić information content (AvgIpc) is 2.61. The van der Waals surface area contributed by atoms with Crippen molar-refractivity contribution in [2.45, 2.75) is 40.7 Å². The molecule has 2 aromatic carbocycles. The molecule has 134 valence electrons. The number of ether oxygens (including phenoxy) is 1. The second kappa shape index (κ2) is 6.20. The number of anilines is 1. The van der Waals surface area contributed by atoms with E-state index in [1.54, 1.807) is 6.07 Å². The normalized spacial score (nSPS) is 13.6. The minimum Gasteiger partial charge on any atom is -0.472 e. The Bertz CT molecular complexity index is 1070. The van der Waals surface area contributed by atoms with Gasteiger partial charge in [0.15, 0.2) is 6.73 Å². The molecule has 4 heteroatoms. The molecule has 4 rings (SSSR count). The Hall–Kier alpha value is -2.75. The molecular weight excluding hydrogens is 326 g/mol. The summed E-state index contributed by atoms with van der Waals surface area (Å²) in [7, 11) is 0. The molecule has 0 aliphatic carbocycles. The molecule has 0 bridgehead atoms. The zero-order chi connectivity index (χ0) is 18.4. The third kappa shape index (κ3) is 2.66. The second-order valence-electron chi connectivity index (χ2n) is 7.07. The lowest BCUT2D eigenvalue weighted by Gasteiger charge is -2.33. The quantitative estimate of drug-likeness (QED) is 0.632. The molecule has 0 N–H and O–H groups in total. The summed E-state index contributed by atoms with van der Waals surface area (Å²) in [5.41, 5.74) is 7.09. The van der Waals surface area contributed by atoms with Crippen LogP contribution in [0.1, 0.15) is 34.7 Å². The first kappa shape index (κ1) is 16.7. The van der Waals surface area contributed by atoms with Gasteiger partial charge in [0.2, 0.25) is 0 Å². The van der Waals surface area contributed by atoms with Crippen molar-refractivity contribution in [3.8, 4) is 5.75 Å². The number of fused-ring (bicyclic) bond motifs is 2. The van der Waals surface area contributed by atoms with Gasteiger partial charge in [-0.3, -0.25) is 0 Å². The zero-order valence-corrected chi connectivity index (χ0v) is 15.7. The lowest BCUT2D eigenvalue weighted by molar-refractivity contribution is 0.287. The van der Waals surface area contributed by atoms with Gasteiger partial charge in [-0.1, -0.05) is 24.6 Å². The first-order valence-corrected chi connectivity index (χ1v) is 9.02. The van der Waals surface area contributed by atoms with Gasteiger partial charge in [-0.25, -0.2) is 4.79 Å². The Kier molecular flexibility index (Phi) is 3.98. The molecule has 3 aromatic rings. The van der Waals surface area contributed by atoms with Crippen LogP contribution in [-0.2, 0) is 13.0 Å². The van der Waals surface area contributed by atoms with Crippen LogP contribution in [0.2, 0.25) is 0 Å². The number of rotatable bonds is 2. The van der Waals surface area contributed by atoms with Gasteiger partial charge in [-0.2, -0.15) is 0 Å². The molecule has 0 saturated heterocycles. The highest BCUT2D eigenvalue weighted by atomic mass is 16.5. The van der Waals surface area contributed by atoms with Crippen molar-refractivity contribution < 1.29 is 9.15 Å². The Morgan fingerprint density at radius 2 is 1.92 bits per heavy atom. The van der Waals surface area contributed by atoms with Crippen LogP contribution < -0.4 is 15.3 Å². The van der Waals surface area contributed by atoms with Crippen LogP contribution in [0.15, 0.2) is 39.5 Å². The number of hydrogen-bond donors (Lipinski definition) is 0. The summed E-state index contributed by atoms with van der Waals surface area (Å²) in [5.74, 6) is 0.843. The molecule has 26 heavy (non-hydrogen) atoms. The molecule has 0 unspecified atom stereocenters. The molecule has 0 atom stereocenters. The average molecular weight is 349 g/mol. The van der Waals surface area contributed by atoms with Gasteiger partial charge in [-0.15, -0.1) is 0 Å². The van der Waals surface area contributed by atoms with Crippen molar-refractivity contribution in [2.75, 3.05) is 11.6 Å². The summed E-state index contributed by atoms with van der Waals surface area (Å²) in [6.45, 7) is 9.53. The van der Waals surface area contributed by atoms with Crippen molar-refractivity contribution in [1.29, 1.82) is 0 Å². The van der Waals surface area contributed by atoms with Gasteiger partial charge in [0.1, 0.15) is 11.3 Å². The van der Waals surface area contributed by atoms with E-state index in [9.17, 15) is 4.79 Å². The van der Waals surface area contributed by atoms with Gasteiger partial charge in [0.05, 0.1) is 0 Å². The van der Waals surface area contributed by atoms with Gasteiger partial charge < -0.3 is 14.1 Å². The fraction of sp³-hybridized carbons (Fsp3) is 0.318. The van der Waals surface area contributed by atoms with E-state index in [0.717, 1.165) is 40.8 Å². The summed E-state index contributed by atoms with van der Waals surface area (Å²) < 4.78 is 11.6. The van der Waals surface area contributed by atoms with E-state index in [0.29, 0.717) is 12.3 Å². The predicted molar refractivity (Wildman–Crippen MR) is 104 cm³/mol. The number of hydrogen-bond acceptors (Lipinski definition) is 4. The number of nitrogens with zero attached hydrogens (tertiary/aromatic N) is 1. The fourth-order valence-corrected chi connectivity index (χ4v) is 3.89. The Morgan fingerprint density at radius 1 is 1.12 bits per heavy atom. The second-order valence-corrected chi connectivity index (χ2v) is 7.07. The minimum absolute atomic E-state index is 0.301. The topological polar surface area (TPSA) is 42.7 Å². The van der Waals surface area contributed by atoms with E-state index >= 15 is 0 Å². The van der Waals surface area contributed by atoms with Crippen LogP contribution in [0.4, 0.5) is 5.69 Å². The highest BCUT2D eigenvalue weighted by Crippen LogP contribution is 2.37. The summed E-state index contributed by atoms with van der Waals surface area (Å²) in [6.07, 6.45) is 0.794. The Balaban J connectivity index is 1.83. The summed E-state index contributed by atoms with van der Waals surface area (Å²) in [5, 5.41) is 1.01. The molecule has 0 amide bonds. The van der Waals surface area contributed by atoms with Crippen LogP contribution in [0.5, 0.6) is 5.75 Å². The van der Waals surface area contributed by atoms with Crippen molar-refractivity contribution in [1.82, 2.24) is 0 Å². The Labute approximate surface area is 153 Å². The molecular formula is C22H23NO3. The first-order chi connectivity index (χ1) is 12.5. The van der Waals surface area contributed by atoms with Crippen molar-refractivity contribution in [3.05, 3.63) is 68.6 Å². The summed E-state index contributed by atoms with van der Waals surface area (Å²) in [4.78, 5) is 14.1. The van der Waals surface area contributed by atoms with E-state index < -0.39 is 0 Å². The van der Waals surface area contributed by atoms with Gasteiger partial charge in [-0.05, 0) is 50.5 Å². The molecule has 1 aliphatic heterocycles. The van der Waals surface area contributed by atoms with E-state index in [1.807, 2.05) is 6.92 Å². The number of benzene rings is 2. The standard InChI is InChI=1S/C22H23NO3/c1-5-16-10-20(24)26-22-15(4)21-17(9-18(16)22)11-23(12-25-21)19-7-6-13(2)8-14(19)3/h6-10H,5,11-12H2,1-4H3. The molecule has 0 saturated carbocycles. The molecule has 0 radical (unpaired) electrons. The van der Waals surface area contributed by atoms with Gasteiger partial charge in [0, 0.05) is 34.8 Å². The molecule has 1 aromatic heterocycles. The van der Waals surface area contributed by atoms with Crippen LogP contribution in [0.25, 0.3) is 11.0 Å². The highest BCUT2D eigenvalue weighted by molar-refractivity contribution is 5.86. The zero-order valence-electron chi connectivity index (χ0n) is 15.7. The molecule has 2 heterocycles. The first-order valence-electron chi connectivity index (χ1n) is 9.02. The van der Waals surface area contributed by atoms with Crippen molar-refractivity contribution in [3.63, 3.8) is 0 Å². The summed E-state index contributed by atoms with van der Waals surface area (Å²) in [6, 6.07) is 10.2. The smallest absolute Gasteiger partial charge is 0.336 e. The maximum absolute atomic E-state index is 11.9. The molecule has 1 aliphatic rings. The SMILES string of the molecule is CCc1cc(=O)oc2c(C)c3c(cc12)CN(c1ccc(C)cc1C)CO3. The minimum atomic E-state index is -0.301. The fourth-order valence-electron chi connectivity index (χ4n) is 3.89. The lowest BCUT2D eigenvalue weighted by Crippen LogP contribution is -2.32. The maximum atomic E-state index is 11.9. The van der Waals surface area contributed by atoms with Crippen LogP contribution in [-0.4, -0.2) is 6.73 Å². The summed E-state index contributed by atoms with van der Waals surface area (Å²) >= 11 is 0. The van der Waals surface area contributed by atoms with E-state index in [4.69, 9.17) is 9.15 Å². The highest BCUT2D eigenvalue weighted by Gasteiger charge is 2.23. The maximum Gasteiger partial charge on any atom is 0.336 e. The van der Waals surface area contributed by atoms with Gasteiger partial charge >= 0.3 is 5.63 Å². The third-order valence-electron chi connectivity index (χ3n) is 5.18. The lowest BCUT2D eigenvalue weighted by atomic mass is 9.99. The van der Waals surface area contributed by atoms with Gasteiger partial charge in [0.25, 0.3) is 0 Å². The third-order valence-corrected chi connectivity index (χ3v) is 5.18. The van der Waals surface area contributed by atoms with Crippen LogP contribution in [0.3, 0.4) is 0 Å². The van der Waals surface area contributed by atoms with Crippen LogP contribution >= 0.6 is 0 Å².